The van der Waals surface area contributed by atoms with E-state index in [1.807, 2.05) is 23.5 Å². The van der Waals surface area contributed by atoms with E-state index in [0.717, 1.165) is 0 Å². The van der Waals surface area contributed by atoms with E-state index in [1.54, 1.807) is 0 Å². The Morgan fingerprint density at radius 3 is 1.65 bits per heavy atom. The van der Waals surface area contributed by atoms with Crippen molar-refractivity contribution in [1.82, 2.24) is 4.57 Å². The van der Waals surface area contributed by atoms with E-state index >= 15 is 0 Å². The Bertz CT molecular complexity index is 2810. The fraction of sp³-hybridized carbons (Fsp3) is 0.0204. The van der Waals surface area contributed by atoms with Gasteiger partial charge in [-0.05, 0) is 105 Å². The summed E-state index contributed by atoms with van der Waals surface area (Å²) in [4.78, 5) is 5.25. The zero-order valence-corrected chi connectivity index (χ0v) is 29.8. The Morgan fingerprint density at radius 2 is 0.865 bits per heavy atom. The molecule has 3 heterocycles. The van der Waals surface area contributed by atoms with Gasteiger partial charge in [-0.3, -0.25) is 0 Å². The molecule has 0 bridgehead atoms. The molecular weight excluding hydrogens is 667 g/mol. The molecule has 1 aromatic heterocycles. The van der Waals surface area contributed by atoms with E-state index in [-0.39, 0.29) is 0 Å². The number of rotatable bonds is 3. The van der Waals surface area contributed by atoms with Crippen LogP contribution in [0.2, 0.25) is 0 Å². The summed E-state index contributed by atoms with van der Waals surface area (Å²) in [5.41, 5.74) is 13.5. The van der Waals surface area contributed by atoms with Crippen molar-refractivity contribution >= 4 is 45.3 Å². The van der Waals surface area contributed by atoms with Crippen molar-refractivity contribution in [1.29, 1.82) is 0 Å². The van der Waals surface area contributed by atoms with E-state index in [2.05, 4.69) is 193 Å². The van der Waals surface area contributed by atoms with Crippen LogP contribution in [0.1, 0.15) is 22.3 Å². The molecule has 0 aliphatic carbocycles. The second-order valence-corrected chi connectivity index (χ2v) is 15.8. The normalized spacial score (nSPS) is 13.8. The number of hydrogen-bond acceptors (Lipinski definition) is 2. The summed E-state index contributed by atoms with van der Waals surface area (Å²) in [5.74, 6) is 0. The largest absolute Gasteiger partial charge is 0.309 e. The molecular formula is C49H31NS2. The third-order valence-corrected chi connectivity index (χ3v) is 13.2. The molecule has 52 heavy (non-hydrogen) atoms. The highest BCUT2D eigenvalue weighted by Crippen LogP contribution is 2.62. The molecule has 8 aromatic carbocycles. The summed E-state index contributed by atoms with van der Waals surface area (Å²) >= 11 is 3.80. The van der Waals surface area contributed by atoms with Crippen LogP contribution in [0.25, 0.3) is 49.7 Å². The SMILES string of the molecule is c1ccc(-c2ccc3c(c2)Sc2ccc(-c4ccc5c(c4)c4ccccc4n5-c4ccccc4)cc2C32c3ccccc3Sc3ccccc32)cc1. The van der Waals surface area contributed by atoms with Crippen LogP contribution in [0, 0.1) is 0 Å². The van der Waals surface area contributed by atoms with Gasteiger partial charge in [0.1, 0.15) is 0 Å². The van der Waals surface area contributed by atoms with Crippen molar-refractivity contribution in [2.24, 2.45) is 0 Å². The van der Waals surface area contributed by atoms with Gasteiger partial charge in [-0.1, -0.05) is 151 Å². The molecule has 1 spiro atoms. The third kappa shape index (κ3) is 4.33. The smallest absolute Gasteiger partial charge is 0.0745 e. The van der Waals surface area contributed by atoms with Gasteiger partial charge >= 0.3 is 0 Å². The van der Waals surface area contributed by atoms with Crippen LogP contribution in [0.3, 0.4) is 0 Å². The second-order valence-electron chi connectivity index (χ2n) is 13.7. The van der Waals surface area contributed by atoms with Gasteiger partial charge in [0.2, 0.25) is 0 Å². The maximum absolute atomic E-state index is 2.50. The lowest BCUT2D eigenvalue weighted by molar-refractivity contribution is 0.667. The Balaban J connectivity index is 1.16. The molecule has 2 aliphatic heterocycles. The highest BCUT2D eigenvalue weighted by atomic mass is 32.2. The zero-order chi connectivity index (χ0) is 34.2. The van der Waals surface area contributed by atoms with Gasteiger partial charge in [-0.2, -0.15) is 0 Å². The molecule has 0 saturated heterocycles. The average Bonchev–Trinajstić information content (AvgIpc) is 3.55. The molecule has 9 aromatic rings. The molecule has 3 heteroatoms. The first-order valence-electron chi connectivity index (χ1n) is 17.8. The molecule has 2 aliphatic rings. The lowest BCUT2D eigenvalue weighted by Crippen LogP contribution is -2.36. The van der Waals surface area contributed by atoms with Crippen LogP contribution in [0.5, 0.6) is 0 Å². The summed E-state index contributed by atoms with van der Waals surface area (Å²) in [5, 5.41) is 2.53. The minimum Gasteiger partial charge on any atom is -0.309 e. The van der Waals surface area contributed by atoms with Crippen molar-refractivity contribution in [3.05, 3.63) is 210 Å². The van der Waals surface area contributed by atoms with E-state index in [9.17, 15) is 0 Å². The summed E-state index contributed by atoms with van der Waals surface area (Å²) < 4.78 is 2.39. The minimum atomic E-state index is -0.465. The molecule has 0 unspecified atom stereocenters. The number of nitrogens with zero attached hydrogens (tertiary/aromatic N) is 1. The zero-order valence-electron chi connectivity index (χ0n) is 28.2. The maximum Gasteiger partial charge on any atom is 0.0745 e. The molecule has 0 N–H and O–H groups in total. The molecule has 1 nitrogen and oxygen atoms in total. The van der Waals surface area contributed by atoms with E-state index in [0.29, 0.717) is 0 Å². The average molecular weight is 698 g/mol. The van der Waals surface area contributed by atoms with Crippen LogP contribution in [0.15, 0.2) is 208 Å². The first-order valence-corrected chi connectivity index (χ1v) is 19.4. The van der Waals surface area contributed by atoms with Crippen molar-refractivity contribution in [2.45, 2.75) is 25.0 Å². The van der Waals surface area contributed by atoms with Gasteiger partial charge in [0.25, 0.3) is 0 Å². The molecule has 0 fully saturated rings. The molecule has 0 amide bonds. The van der Waals surface area contributed by atoms with Crippen LogP contribution in [-0.4, -0.2) is 4.57 Å². The molecule has 11 rings (SSSR count). The summed E-state index contributed by atoms with van der Waals surface area (Å²) in [6.45, 7) is 0. The van der Waals surface area contributed by atoms with E-state index < -0.39 is 5.41 Å². The van der Waals surface area contributed by atoms with Crippen molar-refractivity contribution in [3.63, 3.8) is 0 Å². The van der Waals surface area contributed by atoms with Crippen molar-refractivity contribution in [2.75, 3.05) is 0 Å². The number of fused-ring (bicyclic) bond motifs is 11. The third-order valence-electron chi connectivity index (χ3n) is 10.9. The van der Waals surface area contributed by atoms with Crippen molar-refractivity contribution < 1.29 is 0 Å². The Morgan fingerprint density at radius 1 is 0.327 bits per heavy atom. The van der Waals surface area contributed by atoms with Gasteiger partial charge in [-0.25, -0.2) is 0 Å². The predicted octanol–water partition coefficient (Wildman–Crippen LogP) is 13.4. The second kappa shape index (κ2) is 11.6. The van der Waals surface area contributed by atoms with Crippen molar-refractivity contribution in [3.8, 4) is 27.9 Å². The predicted molar refractivity (Wildman–Crippen MR) is 218 cm³/mol. The van der Waals surface area contributed by atoms with E-state index in [4.69, 9.17) is 0 Å². The maximum atomic E-state index is 2.50. The lowest BCUT2D eigenvalue weighted by Gasteiger charge is -2.45. The monoisotopic (exact) mass is 697 g/mol. The minimum absolute atomic E-state index is 0.465. The Kier molecular flexibility index (Phi) is 6.70. The van der Waals surface area contributed by atoms with Gasteiger partial charge in [0.15, 0.2) is 0 Å². The first-order chi connectivity index (χ1) is 25.8. The molecule has 244 valence electrons. The van der Waals surface area contributed by atoms with Crippen LogP contribution in [0.4, 0.5) is 0 Å². The van der Waals surface area contributed by atoms with Gasteiger partial charge in [-0.15, -0.1) is 0 Å². The summed E-state index contributed by atoms with van der Waals surface area (Å²) in [6.07, 6.45) is 0. The molecule has 0 atom stereocenters. The van der Waals surface area contributed by atoms with E-state index in [1.165, 1.54) is 91.6 Å². The number of aromatic nitrogens is 1. The topological polar surface area (TPSA) is 4.93 Å². The fourth-order valence-electron chi connectivity index (χ4n) is 8.66. The Labute approximate surface area is 311 Å². The number of para-hydroxylation sites is 2. The number of benzene rings is 8. The van der Waals surface area contributed by atoms with Crippen LogP contribution in [-0.2, 0) is 5.41 Å². The molecule has 0 saturated carbocycles. The highest BCUT2D eigenvalue weighted by molar-refractivity contribution is 8.00. The van der Waals surface area contributed by atoms with Gasteiger partial charge in [0, 0.05) is 36.0 Å². The van der Waals surface area contributed by atoms with Crippen LogP contribution >= 0.6 is 23.5 Å². The first kappa shape index (κ1) is 29.9. The van der Waals surface area contributed by atoms with Crippen LogP contribution < -0.4 is 0 Å². The van der Waals surface area contributed by atoms with Gasteiger partial charge < -0.3 is 4.57 Å². The quantitative estimate of drug-likeness (QED) is 0.181. The fourth-order valence-corrected chi connectivity index (χ4v) is 11.1. The standard InChI is InChI=1S/C49H31NS2/c1-3-13-32(14-4-1)35-23-26-41-48(31-35)52-47-28-25-34(30-42(47)49(41)39-18-8-11-21-45(39)51-46-22-12-9-19-40(46)49)33-24-27-44-38(29-33)37-17-7-10-20-43(37)50(44)36-15-5-2-6-16-36/h1-31H. The summed E-state index contributed by atoms with van der Waals surface area (Å²) in [6, 6.07) is 69.8. The molecule has 0 radical (unpaired) electrons. The van der Waals surface area contributed by atoms with Gasteiger partial charge in [0.05, 0.1) is 16.4 Å². The lowest BCUT2D eigenvalue weighted by atomic mass is 9.64. The highest BCUT2D eigenvalue weighted by Gasteiger charge is 2.48. The number of hydrogen-bond donors (Lipinski definition) is 0. The summed E-state index contributed by atoms with van der Waals surface area (Å²) in [7, 11) is 0. The Hall–Kier alpha value is -5.74.